The summed E-state index contributed by atoms with van der Waals surface area (Å²) < 4.78 is 42.7. The van der Waals surface area contributed by atoms with Crippen molar-refractivity contribution in [3.05, 3.63) is 53.3 Å². The SMILES string of the molecule is CCOc1ccc(S(N)(=O)=O)cc1C(=O)N1CCN(c2ccc(C#N)c(F)c2)CC1. The zero-order valence-corrected chi connectivity index (χ0v) is 17.2. The van der Waals surface area contributed by atoms with Crippen LogP contribution in [0, 0.1) is 17.1 Å². The highest BCUT2D eigenvalue weighted by atomic mass is 32.2. The van der Waals surface area contributed by atoms with Gasteiger partial charge < -0.3 is 14.5 Å². The molecule has 30 heavy (non-hydrogen) atoms. The van der Waals surface area contributed by atoms with E-state index in [1.165, 1.54) is 30.3 Å². The third-order valence-electron chi connectivity index (χ3n) is 4.81. The molecule has 0 bridgehead atoms. The first kappa shape index (κ1) is 21.5. The van der Waals surface area contributed by atoms with Gasteiger partial charge in [-0.25, -0.2) is 17.9 Å². The maximum atomic E-state index is 13.9. The van der Waals surface area contributed by atoms with Crippen LogP contribution in [0.15, 0.2) is 41.3 Å². The summed E-state index contributed by atoms with van der Waals surface area (Å²) in [5.74, 6) is -0.671. The summed E-state index contributed by atoms with van der Waals surface area (Å²) in [5, 5.41) is 14.0. The fourth-order valence-electron chi connectivity index (χ4n) is 3.26. The van der Waals surface area contributed by atoms with Crippen molar-refractivity contribution in [2.75, 3.05) is 37.7 Å². The number of ether oxygens (including phenoxy) is 1. The maximum Gasteiger partial charge on any atom is 0.257 e. The molecule has 0 atom stereocenters. The Morgan fingerprint density at radius 1 is 1.20 bits per heavy atom. The Hall–Kier alpha value is -3.16. The molecule has 1 heterocycles. The van der Waals surface area contributed by atoms with E-state index in [4.69, 9.17) is 15.1 Å². The van der Waals surface area contributed by atoms with E-state index in [0.717, 1.165) is 0 Å². The van der Waals surface area contributed by atoms with Crippen molar-refractivity contribution in [3.8, 4) is 11.8 Å². The van der Waals surface area contributed by atoms with Crippen molar-refractivity contribution < 1.29 is 22.3 Å². The van der Waals surface area contributed by atoms with E-state index in [9.17, 15) is 17.6 Å². The van der Waals surface area contributed by atoms with Gasteiger partial charge in [0.2, 0.25) is 10.0 Å². The molecule has 1 saturated heterocycles. The summed E-state index contributed by atoms with van der Waals surface area (Å²) in [5.41, 5.74) is 0.733. The van der Waals surface area contributed by atoms with Gasteiger partial charge in [-0.3, -0.25) is 4.79 Å². The Balaban J connectivity index is 1.78. The van der Waals surface area contributed by atoms with Crippen LogP contribution in [0.5, 0.6) is 5.75 Å². The highest BCUT2D eigenvalue weighted by molar-refractivity contribution is 7.89. The molecular weight excluding hydrogens is 411 g/mol. The monoisotopic (exact) mass is 432 g/mol. The minimum atomic E-state index is -3.97. The molecule has 0 saturated carbocycles. The maximum absolute atomic E-state index is 13.9. The molecule has 0 aliphatic carbocycles. The third kappa shape index (κ3) is 4.53. The number of carbonyl (C=O) groups is 1. The van der Waals surface area contributed by atoms with Gasteiger partial charge in [0.15, 0.2) is 0 Å². The van der Waals surface area contributed by atoms with Gasteiger partial charge in [0, 0.05) is 31.9 Å². The van der Waals surface area contributed by atoms with Crippen molar-refractivity contribution in [2.45, 2.75) is 11.8 Å². The lowest BCUT2D eigenvalue weighted by Crippen LogP contribution is -2.49. The molecule has 0 spiro atoms. The molecule has 2 aromatic rings. The average Bonchev–Trinajstić information content (AvgIpc) is 2.73. The van der Waals surface area contributed by atoms with Crippen LogP contribution in [-0.4, -0.2) is 52.0 Å². The fraction of sp³-hybridized carbons (Fsp3) is 0.300. The highest BCUT2D eigenvalue weighted by Crippen LogP contribution is 2.26. The van der Waals surface area contributed by atoms with E-state index in [1.54, 1.807) is 24.0 Å². The number of rotatable bonds is 5. The Morgan fingerprint density at radius 2 is 1.90 bits per heavy atom. The van der Waals surface area contributed by atoms with E-state index in [2.05, 4.69) is 0 Å². The van der Waals surface area contributed by atoms with Gasteiger partial charge in [-0.15, -0.1) is 0 Å². The van der Waals surface area contributed by atoms with Gasteiger partial charge in [0.05, 0.1) is 22.6 Å². The highest BCUT2D eigenvalue weighted by Gasteiger charge is 2.26. The Morgan fingerprint density at radius 3 is 2.47 bits per heavy atom. The summed E-state index contributed by atoms with van der Waals surface area (Å²) in [6.07, 6.45) is 0. The fourth-order valence-corrected chi connectivity index (χ4v) is 3.80. The third-order valence-corrected chi connectivity index (χ3v) is 5.73. The zero-order valence-electron chi connectivity index (χ0n) is 16.3. The second-order valence-electron chi connectivity index (χ2n) is 6.69. The molecule has 8 nitrogen and oxygen atoms in total. The quantitative estimate of drug-likeness (QED) is 0.769. The van der Waals surface area contributed by atoms with Gasteiger partial charge in [0.25, 0.3) is 5.91 Å². The van der Waals surface area contributed by atoms with Crippen molar-refractivity contribution in [3.63, 3.8) is 0 Å². The molecule has 10 heteroatoms. The standard InChI is InChI=1S/C20H21FN4O4S/c1-2-29-19-6-5-16(30(23,27)28)12-17(19)20(26)25-9-7-24(8-10-25)15-4-3-14(13-22)18(21)11-15/h3-6,11-12H,2,7-10H2,1H3,(H2,23,27,28). The van der Waals surface area contributed by atoms with E-state index in [-0.39, 0.29) is 27.7 Å². The van der Waals surface area contributed by atoms with Crippen LogP contribution in [0.3, 0.4) is 0 Å². The first-order valence-electron chi connectivity index (χ1n) is 9.28. The number of primary sulfonamides is 1. The van der Waals surface area contributed by atoms with Crippen molar-refractivity contribution in [2.24, 2.45) is 5.14 Å². The minimum absolute atomic E-state index is 0.0224. The molecule has 3 rings (SSSR count). The molecule has 1 aliphatic heterocycles. The summed E-state index contributed by atoms with van der Waals surface area (Å²) in [7, 11) is -3.97. The minimum Gasteiger partial charge on any atom is -0.493 e. The number of sulfonamides is 1. The lowest BCUT2D eigenvalue weighted by Gasteiger charge is -2.36. The predicted molar refractivity (Wildman–Crippen MR) is 108 cm³/mol. The molecule has 0 unspecified atom stereocenters. The van der Waals surface area contributed by atoms with E-state index < -0.39 is 15.8 Å². The van der Waals surface area contributed by atoms with Gasteiger partial charge in [-0.2, -0.15) is 5.26 Å². The number of benzene rings is 2. The number of amides is 1. The zero-order chi connectivity index (χ0) is 21.9. The molecular formula is C20H21FN4O4S. The number of anilines is 1. The van der Waals surface area contributed by atoms with Crippen LogP contribution in [0.1, 0.15) is 22.8 Å². The summed E-state index contributed by atoms with van der Waals surface area (Å²) in [6, 6.07) is 10.1. The Bertz CT molecular complexity index is 1110. The first-order valence-corrected chi connectivity index (χ1v) is 10.8. The number of hydrogen-bond acceptors (Lipinski definition) is 6. The van der Waals surface area contributed by atoms with Crippen LogP contribution >= 0.6 is 0 Å². The molecule has 0 radical (unpaired) electrons. The number of nitriles is 1. The second-order valence-corrected chi connectivity index (χ2v) is 8.25. The molecule has 1 aliphatic rings. The smallest absolute Gasteiger partial charge is 0.257 e. The summed E-state index contributed by atoms with van der Waals surface area (Å²) in [4.78, 5) is 16.4. The molecule has 1 amide bonds. The van der Waals surface area contributed by atoms with Crippen molar-refractivity contribution in [1.29, 1.82) is 5.26 Å². The normalized spacial score (nSPS) is 14.3. The molecule has 158 valence electrons. The molecule has 0 aromatic heterocycles. The topological polar surface area (TPSA) is 117 Å². The number of nitrogens with zero attached hydrogens (tertiary/aromatic N) is 3. The summed E-state index contributed by atoms with van der Waals surface area (Å²) >= 11 is 0. The van der Waals surface area contributed by atoms with Crippen molar-refractivity contribution in [1.82, 2.24) is 4.90 Å². The second kappa shape index (κ2) is 8.69. The van der Waals surface area contributed by atoms with Gasteiger partial charge in [-0.1, -0.05) is 0 Å². The largest absolute Gasteiger partial charge is 0.493 e. The molecule has 1 fully saturated rings. The van der Waals surface area contributed by atoms with Gasteiger partial charge in [0.1, 0.15) is 17.6 Å². The van der Waals surface area contributed by atoms with Crippen LogP contribution < -0.4 is 14.8 Å². The molecule has 2 N–H and O–H groups in total. The van der Waals surface area contributed by atoms with Crippen LogP contribution in [-0.2, 0) is 10.0 Å². The van der Waals surface area contributed by atoms with Gasteiger partial charge >= 0.3 is 0 Å². The lowest BCUT2D eigenvalue weighted by molar-refractivity contribution is 0.0742. The van der Waals surface area contributed by atoms with E-state index >= 15 is 0 Å². The number of carbonyl (C=O) groups excluding carboxylic acids is 1. The van der Waals surface area contributed by atoms with E-state index in [0.29, 0.717) is 38.5 Å². The Labute approximate surface area is 174 Å². The van der Waals surface area contributed by atoms with Crippen molar-refractivity contribution >= 4 is 21.6 Å². The van der Waals surface area contributed by atoms with E-state index in [1.807, 2.05) is 4.90 Å². The van der Waals surface area contributed by atoms with Gasteiger partial charge in [-0.05, 0) is 43.3 Å². The lowest BCUT2D eigenvalue weighted by atomic mass is 10.1. The summed E-state index contributed by atoms with van der Waals surface area (Å²) in [6.45, 7) is 3.69. The van der Waals surface area contributed by atoms with Crippen LogP contribution in [0.2, 0.25) is 0 Å². The Kier molecular flexibility index (Phi) is 6.24. The number of piperazine rings is 1. The van der Waals surface area contributed by atoms with Crippen LogP contribution in [0.4, 0.5) is 10.1 Å². The first-order chi connectivity index (χ1) is 14.2. The van der Waals surface area contributed by atoms with Crippen LogP contribution in [0.25, 0.3) is 0 Å². The number of hydrogen-bond donors (Lipinski definition) is 1. The molecule has 2 aromatic carbocycles. The number of nitrogens with two attached hydrogens (primary N) is 1. The number of halogens is 1. The predicted octanol–water partition coefficient (Wildman–Crippen LogP) is 1.71. The average molecular weight is 432 g/mol.